The number of rotatable bonds is 3. The van der Waals surface area contributed by atoms with Crippen molar-refractivity contribution in [1.29, 1.82) is 0 Å². The van der Waals surface area contributed by atoms with Gasteiger partial charge in [0, 0.05) is 11.3 Å². The summed E-state index contributed by atoms with van der Waals surface area (Å²) in [6, 6.07) is 5.42. The minimum atomic E-state index is -0.903. The van der Waals surface area contributed by atoms with Crippen LogP contribution in [0.4, 0.5) is 8.78 Å². The van der Waals surface area contributed by atoms with Gasteiger partial charge in [0.1, 0.15) is 0 Å². The molecule has 1 nitrogen and oxygen atoms in total. The highest BCUT2D eigenvalue weighted by Crippen LogP contribution is 2.32. The van der Waals surface area contributed by atoms with Crippen molar-refractivity contribution in [3.8, 4) is 0 Å². The Hall–Kier alpha value is -0.970. The molecule has 0 saturated heterocycles. The molecule has 0 saturated carbocycles. The molecule has 0 amide bonds. The summed E-state index contributed by atoms with van der Waals surface area (Å²) in [4.78, 5) is 0.724. The van der Waals surface area contributed by atoms with E-state index in [1.54, 1.807) is 6.07 Å². The van der Waals surface area contributed by atoms with Gasteiger partial charge >= 0.3 is 0 Å². The fraction of sp³-hybridized carbons (Fsp3) is 0.231. The highest BCUT2D eigenvalue weighted by atomic mass is 35.5. The standard InChI is InChI=1S/C13H11ClF2OS/c1-7-4-12(18-13(7)14)11(17)6-8-2-3-9(15)10(16)5-8/h2-5,11,17H,6H2,1H3. The summed E-state index contributed by atoms with van der Waals surface area (Å²) < 4.78 is 26.4. The number of aliphatic hydroxyl groups is 1. The minimum absolute atomic E-state index is 0.230. The van der Waals surface area contributed by atoms with Crippen LogP contribution in [0.15, 0.2) is 24.3 Å². The number of aliphatic hydroxyl groups excluding tert-OH is 1. The third kappa shape index (κ3) is 2.88. The monoisotopic (exact) mass is 288 g/mol. The number of hydrogen-bond donors (Lipinski definition) is 1. The third-order valence-electron chi connectivity index (χ3n) is 2.62. The first-order valence-corrected chi connectivity index (χ1v) is 6.54. The van der Waals surface area contributed by atoms with Gasteiger partial charge in [0.15, 0.2) is 11.6 Å². The van der Waals surface area contributed by atoms with Crippen LogP contribution in [-0.4, -0.2) is 5.11 Å². The lowest BCUT2D eigenvalue weighted by molar-refractivity contribution is 0.182. The first-order valence-electron chi connectivity index (χ1n) is 5.35. The fourth-order valence-electron chi connectivity index (χ4n) is 1.64. The molecule has 0 bridgehead atoms. The SMILES string of the molecule is Cc1cc(C(O)Cc2ccc(F)c(F)c2)sc1Cl. The molecule has 0 spiro atoms. The first-order chi connectivity index (χ1) is 8.47. The third-order valence-corrected chi connectivity index (χ3v) is 4.27. The van der Waals surface area contributed by atoms with Crippen LogP contribution in [0.2, 0.25) is 4.34 Å². The summed E-state index contributed by atoms with van der Waals surface area (Å²) in [5, 5.41) is 10.0. The molecular weight excluding hydrogens is 278 g/mol. The van der Waals surface area contributed by atoms with Gasteiger partial charge in [-0.15, -0.1) is 11.3 Å². The van der Waals surface area contributed by atoms with Crippen LogP contribution in [0, 0.1) is 18.6 Å². The van der Waals surface area contributed by atoms with Crippen molar-refractivity contribution in [3.63, 3.8) is 0 Å². The summed E-state index contributed by atoms with van der Waals surface area (Å²) in [6.45, 7) is 1.85. The lowest BCUT2D eigenvalue weighted by Crippen LogP contribution is -2.00. The summed E-state index contributed by atoms with van der Waals surface area (Å²) in [6.07, 6.45) is -0.529. The van der Waals surface area contributed by atoms with E-state index >= 15 is 0 Å². The van der Waals surface area contributed by atoms with E-state index in [0.717, 1.165) is 22.6 Å². The molecule has 2 rings (SSSR count). The summed E-state index contributed by atoms with van der Waals surface area (Å²) in [7, 11) is 0. The maximum absolute atomic E-state index is 13.0. The number of thiophene rings is 1. The fourth-order valence-corrected chi connectivity index (χ4v) is 2.84. The number of benzene rings is 1. The average molecular weight is 289 g/mol. The Balaban J connectivity index is 2.15. The number of halogens is 3. The molecular formula is C13H11ClF2OS. The molecule has 18 heavy (non-hydrogen) atoms. The van der Waals surface area contributed by atoms with Crippen LogP contribution in [-0.2, 0) is 6.42 Å². The van der Waals surface area contributed by atoms with Crippen LogP contribution in [0.1, 0.15) is 22.1 Å². The zero-order valence-corrected chi connectivity index (χ0v) is 11.2. The lowest BCUT2D eigenvalue weighted by atomic mass is 10.1. The predicted molar refractivity (Wildman–Crippen MR) is 69.1 cm³/mol. The van der Waals surface area contributed by atoms with Crippen LogP contribution in [0.25, 0.3) is 0 Å². The molecule has 96 valence electrons. The second-order valence-electron chi connectivity index (χ2n) is 4.07. The van der Waals surface area contributed by atoms with Crippen molar-refractivity contribution < 1.29 is 13.9 Å². The Labute approximate surface area is 113 Å². The molecule has 1 unspecified atom stereocenters. The Kier molecular flexibility index (Phi) is 4.00. The van der Waals surface area contributed by atoms with Gasteiger partial charge in [-0.25, -0.2) is 8.78 Å². The van der Waals surface area contributed by atoms with E-state index in [1.165, 1.54) is 17.4 Å². The average Bonchev–Trinajstić information content (AvgIpc) is 2.65. The van der Waals surface area contributed by atoms with E-state index < -0.39 is 17.7 Å². The lowest BCUT2D eigenvalue weighted by Gasteiger charge is -2.08. The maximum atomic E-state index is 13.0. The smallest absolute Gasteiger partial charge is 0.159 e. The van der Waals surface area contributed by atoms with Gasteiger partial charge in [-0.05, 0) is 36.2 Å². The van der Waals surface area contributed by atoms with Gasteiger partial charge < -0.3 is 5.11 Å². The zero-order chi connectivity index (χ0) is 13.3. The Morgan fingerprint density at radius 1 is 1.28 bits per heavy atom. The van der Waals surface area contributed by atoms with E-state index in [-0.39, 0.29) is 6.42 Å². The van der Waals surface area contributed by atoms with Gasteiger partial charge in [-0.3, -0.25) is 0 Å². The minimum Gasteiger partial charge on any atom is -0.387 e. The molecule has 2 aromatic rings. The molecule has 1 N–H and O–H groups in total. The van der Waals surface area contributed by atoms with Crippen LogP contribution in [0.3, 0.4) is 0 Å². The number of hydrogen-bond acceptors (Lipinski definition) is 2. The van der Waals surface area contributed by atoms with Crippen molar-refractivity contribution in [1.82, 2.24) is 0 Å². The highest BCUT2D eigenvalue weighted by Gasteiger charge is 2.14. The molecule has 1 aromatic carbocycles. The Morgan fingerprint density at radius 2 is 2.00 bits per heavy atom. The molecule has 1 aromatic heterocycles. The first kappa shape index (κ1) is 13.5. The largest absolute Gasteiger partial charge is 0.387 e. The molecule has 0 radical (unpaired) electrons. The Bertz CT molecular complexity index is 549. The molecule has 1 heterocycles. The van der Waals surface area contributed by atoms with Crippen molar-refractivity contribution in [3.05, 3.63) is 56.2 Å². The van der Waals surface area contributed by atoms with E-state index in [9.17, 15) is 13.9 Å². The summed E-state index contributed by atoms with van der Waals surface area (Å²) >= 11 is 7.22. The van der Waals surface area contributed by atoms with Crippen molar-refractivity contribution in [2.45, 2.75) is 19.4 Å². The van der Waals surface area contributed by atoms with Crippen molar-refractivity contribution in [2.75, 3.05) is 0 Å². The topological polar surface area (TPSA) is 20.2 Å². The highest BCUT2D eigenvalue weighted by molar-refractivity contribution is 7.16. The number of aryl methyl sites for hydroxylation is 1. The molecule has 1 atom stereocenters. The second kappa shape index (κ2) is 5.34. The Morgan fingerprint density at radius 3 is 2.56 bits per heavy atom. The second-order valence-corrected chi connectivity index (χ2v) is 5.76. The maximum Gasteiger partial charge on any atom is 0.159 e. The quantitative estimate of drug-likeness (QED) is 0.894. The van der Waals surface area contributed by atoms with Gasteiger partial charge in [-0.1, -0.05) is 17.7 Å². The van der Waals surface area contributed by atoms with E-state index in [0.29, 0.717) is 9.90 Å². The van der Waals surface area contributed by atoms with Gasteiger partial charge in [0.2, 0.25) is 0 Å². The normalized spacial score (nSPS) is 12.7. The summed E-state index contributed by atoms with van der Waals surface area (Å²) in [5.74, 6) is -1.79. The predicted octanol–water partition coefficient (Wildman–Crippen LogP) is 4.26. The van der Waals surface area contributed by atoms with Crippen LogP contribution in [0.5, 0.6) is 0 Å². The van der Waals surface area contributed by atoms with Crippen LogP contribution < -0.4 is 0 Å². The zero-order valence-electron chi connectivity index (χ0n) is 9.58. The molecule has 0 aliphatic rings. The summed E-state index contributed by atoms with van der Waals surface area (Å²) in [5.41, 5.74) is 1.45. The van der Waals surface area contributed by atoms with E-state index in [4.69, 9.17) is 11.6 Å². The molecule has 0 aliphatic carbocycles. The van der Waals surface area contributed by atoms with Crippen LogP contribution >= 0.6 is 22.9 Å². The van der Waals surface area contributed by atoms with E-state index in [1.807, 2.05) is 6.92 Å². The molecule has 5 heteroatoms. The van der Waals surface area contributed by atoms with Gasteiger partial charge in [-0.2, -0.15) is 0 Å². The van der Waals surface area contributed by atoms with Crippen molar-refractivity contribution in [2.24, 2.45) is 0 Å². The van der Waals surface area contributed by atoms with Gasteiger partial charge in [0.25, 0.3) is 0 Å². The van der Waals surface area contributed by atoms with E-state index in [2.05, 4.69) is 0 Å². The molecule has 0 fully saturated rings. The van der Waals surface area contributed by atoms with Gasteiger partial charge in [0.05, 0.1) is 10.4 Å². The molecule has 0 aliphatic heterocycles. The van der Waals surface area contributed by atoms with Crippen molar-refractivity contribution >= 4 is 22.9 Å².